The molecule has 0 spiro atoms. The molecule has 4 nitrogen and oxygen atoms in total. The number of carbonyl (C=O) groups is 1. The molecule has 0 aromatic heterocycles. The van der Waals surface area contributed by atoms with Crippen LogP contribution >= 0.6 is 0 Å². The van der Waals surface area contributed by atoms with Gasteiger partial charge in [-0.3, -0.25) is 4.79 Å². The van der Waals surface area contributed by atoms with Crippen LogP contribution in [0.4, 0.5) is 0 Å². The molecule has 0 aromatic carbocycles. The maximum Gasteiger partial charge on any atom is 0.309 e. The van der Waals surface area contributed by atoms with Crippen molar-refractivity contribution in [2.24, 2.45) is 5.92 Å². The summed E-state index contributed by atoms with van der Waals surface area (Å²) in [7, 11) is 1.48. The first kappa shape index (κ1) is 9.48. The number of rotatable bonds is 2. The van der Waals surface area contributed by atoms with Gasteiger partial charge in [0.05, 0.1) is 18.1 Å². The third-order valence-corrected chi connectivity index (χ3v) is 2.38. The van der Waals surface area contributed by atoms with E-state index in [-0.39, 0.29) is 6.10 Å². The summed E-state index contributed by atoms with van der Waals surface area (Å²) in [5.74, 6) is -1.27. The fraction of sp³-hybridized carbons (Fsp3) is 0.875. The first-order valence-corrected chi connectivity index (χ1v) is 4.08. The zero-order valence-corrected chi connectivity index (χ0v) is 7.06. The van der Waals surface area contributed by atoms with Crippen molar-refractivity contribution in [1.82, 2.24) is 0 Å². The van der Waals surface area contributed by atoms with E-state index >= 15 is 0 Å². The normalized spacial score (nSPS) is 36.3. The number of hydrogen-bond acceptors (Lipinski definition) is 3. The molecule has 3 atom stereocenters. The predicted octanol–water partition coefficient (Wildman–Crippen LogP) is 0.247. The molecule has 1 saturated carbocycles. The lowest BCUT2D eigenvalue weighted by Gasteiger charge is -2.30. The molecule has 0 radical (unpaired) electrons. The second-order valence-corrected chi connectivity index (χ2v) is 3.19. The van der Waals surface area contributed by atoms with Gasteiger partial charge in [-0.2, -0.15) is 0 Å². The summed E-state index contributed by atoms with van der Waals surface area (Å²) in [4.78, 5) is 10.7. The Labute approximate surface area is 71.2 Å². The van der Waals surface area contributed by atoms with E-state index in [2.05, 4.69) is 0 Å². The van der Waals surface area contributed by atoms with Gasteiger partial charge < -0.3 is 14.9 Å². The standard InChI is InChI=1S/C8H14O4/c1-12-7-4-5(9)2-3-6(7)8(10)11/h5-7,9H,2-4H2,1H3,(H,10,11)/t5-,6+,7+/m1/s1. The topological polar surface area (TPSA) is 66.8 Å². The van der Waals surface area contributed by atoms with Crippen molar-refractivity contribution >= 4 is 5.97 Å². The van der Waals surface area contributed by atoms with Gasteiger partial charge in [-0.1, -0.05) is 0 Å². The van der Waals surface area contributed by atoms with E-state index in [1.165, 1.54) is 7.11 Å². The van der Waals surface area contributed by atoms with Crippen molar-refractivity contribution in [3.8, 4) is 0 Å². The summed E-state index contributed by atoms with van der Waals surface area (Å²) < 4.78 is 4.99. The Kier molecular flexibility index (Phi) is 3.05. The van der Waals surface area contributed by atoms with Crippen LogP contribution in [0, 0.1) is 5.92 Å². The van der Waals surface area contributed by atoms with Crippen LogP contribution in [-0.4, -0.2) is 35.5 Å². The zero-order valence-electron chi connectivity index (χ0n) is 7.06. The van der Waals surface area contributed by atoms with Crippen LogP contribution in [0.15, 0.2) is 0 Å². The minimum Gasteiger partial charge on any atom is -0.481 e. The number of aliphatic hydroxyl groups excluding tert-OH is 1. The maximum atomic E-state index is 10.7. The van der Waals surface area contributed by atoms with E-state index in [1.807, 2.05) is 0 Å². The van der Waals surface area contributed by atoms with E-state index < -0.39 is 18.0 Å². The van der Waals surface area contributed by atoms with E-state index in [0.29, 0.717) is 19.3 Å². The Balaban J connectivity index is 2.56. The number of carboxylic acids is 1. The zero-order chi connectivity index (χ0) is 9.14. The molecule has 12 heavy (non-hydrogen) atoms. The molecular weight excluding hydrogens is 160 g/mol. The Morgan fingerprint density at radius 3 is 2.67 bits per heavy atom. The summed E-state index contributed by atoms with van der Waals surface area (Å²) in [5.41, 5.74) is 0. The van der Waals surface area contributed by atoms with Crippen molar-refractivity contribution in [3.63, 3.8) is 0 Å². The Hall–Kier alpha value is -0.610. The SMILES string of the molecule is CO[C@H]1C[C@H](O)CC[C@@H]1C(=O)O. The monoisotopic (exact) mass is 174 g/mol. The average Bonchev–Trinajstić information content (AvgIpc) is 2.03. The molecule has 0 aliphatic heterocycles. The molecule has 1 aliphatic rings. The van der Waals surface area contributed by atoms with E-state index in [0.717, 1.165) is 0 Å². The van der Waals surface area contributed by atoms with Crippen LogP contribution in [0.25, 0.3) is 0 Å². The smallest absolute Gasteiger partial charge is 0.309 e. The first-order chi connectivity index (χ1) is 5.65. The fourth-order valence-corrected chi connectivity index (χ4v) is 1.65. The predicted molar refractivity (Wildman–Crippen MR) is 41.8 cm³/mol. The molecule has 4 heteroatoms. The fourth-order valence-electron chi connectivity index (χ4n) is 1.65. The first-order valence-electron chi connectivity index (χ1n) is 4.08. The highest BCUT2D eigenvalue weighted by molar-refractivity contribution is 5.70. The van der Waals surface area contributed by atoms with Crippen molar-refractivity contribution in [2.75, 3.05) is 7.11 Å². The van der Waals surface area contributed by atoms with Gasteiger partial charge in [0.1, 0.15) is 0 Å². The van der Waals surface area contributed by atoms with Crippen LogP contribution in [0.2, 0.25) is 0 Å². The number of aliphatic hydroxyl groups is 1. The third-order valence-electron chi connectivity index (χ3n) is 2.38. The third kappa shape index (κ3) is 1.95. The summed E-state index contributed by atoms with van der Waals surface area (Å²) in [5, 5.41) is 18.0. The van der Waals surface area contributed by atoms with Gasteiger partial charge in [0.2, 0.25) is 0 Å². The van der Waals surface area contributed by atoms with Gasteiger partial charge in [-0.05, 0) is 12.8 Å². The van der Waals surface area contributed by atoms with Crippen molar-refractivity contribution < 1.29 is 19.7 Å². The Morgan fingerprint density at radius 2 is 2.17 bits per heavy atom. The van der Waals surface area contributed by atoms with E-state index in [1.54, 1.807) is 0 Å². The van der Waals surface area contributed by atoms with Gasteiger partial charge in [-0.25, -0.2) is 0 Å². The highest BCUT2D eigenvalue weighted by atomic mass is 16.5. The van der Waals surface area contributed by atoms with Crippen LogP contribution in [0.3, 0.4) is 0 Å². The van der Waals surface area contributed by atoms with Crippen LogP contribution in [0.5, 0.6) is 0 Å². The molecule has 0 heterocycles. The number of hydrogen-bond donors (Lipinski definition) is 2. The van der Waals surface area contributed by atoms with E-state index in [9.17, 15) is 9.90 Å². The molecule has 2 N–H and O–H groups in total. The molecule has 0 aromatic rings. The molecular formula is C8H14O4. The van der Waals surface area contributed by atoms with E-state index in [4.69, 9.17) is 9.84 Å². The number of methoxy groups -OCH3 is 1. The lowest BCUT2D eigenvalue weighted by atomic mass is 9.85. The summed E-state index contributed by atoms with van der Waals surface area (Å²) >= 11 is 0. The Morgan fingerprint density at radius 1 is 1.50 bits per heavy atom. The number of ether oxygens (including phenoxy) is 1. The molecule has 0 amide bonds. The maximum absolute atomic E-state index is 10.7. The van der Waals surface area contributed by atoms with Gasteiger partial charge in [0, 0.05) is 13.5 Å². The molecule has 0 bridgehead atoms. The molecule has 0 saturated heterocycles. The van der Waals surface area contributed by atoms with Gasteiger partial charge >= 0.3 is 5.97 Å². The second kappa shape index (κ2) is 3.87. The largest absolute Gasteiger partial charge is 0.481 e. The highest BCUT2D eigenvalue weighted by Gasteiger charge is 2.34. The van der Waals surface area contributed by atoms with Crippen molar-refractivity contribution in [2.45, 2.75) is 31.5 Å². The summed E-state index contributed by atoms with van der Waals surface area (Å²) in [6, 6.07) is 0. The summed E-state index contributed by atoms with van der Waals surface area (Å²) in [6.45, 7) is 0. The lowest BCUT2D eigenvalue weighted by Crippen LogP contribution is -2.37. The summed E-state index contributed by atoms with van der Waals surface area (Å²) in [6.07, 6.45) is 0.788. The van der Waals surface area contributed by atoms with Gasteiger partial charge in [0.15, 0.2) is 0 Å². The second-order valence-electron chi connectivity index (χ2n) is 3.19. The van der Waals surface area contributed by atoms with Gasteiger partial charge in [-0.15, -0.1) is 0 Å². The van der Waals surface area contributed by atoms with Gasteiger partial charge in [0.25, 0.3) is 0 Å². The molecule has 1 aliphatic carbocycles. The quantitative estimate of drug-likeness (QED) is 0.629. The van der Waals surface area contributed by atoms with Crippen LogP contribution in [0.1, 0.15) is 19.3 Å². The van der Waals surface area contributed by atoms with Crippen LogP contribution in [-0.2, 0) is 9.53 Å². The molecule has 70 valence electrons. The molecule has 1 rings (SSSR count). The lowest BCUT2D eigenvalue weighted by molar-refractivity contribution is -0.150. The van der Waals surface area contributed by atoms with Crippen LogP contribution < -0.4 is 0 Å². The minimum absolute atomic E-state index is 0.328. The van der Waals surface area contributed by atoms with Crippen molar-refractivity contribution in [3.05, 3.63) is 0 Å². The highest BCUT2D eigenvalue weighted by Crippen LogP contribution is 2.26. The number of carboxylic acid groups (broad SMARTS) is 1. The van der Waals surface area contributed by atoms with Crippen molar-refractivity contribution in [1.29, 1.82) is 0 Å². The minimum atomic E-state index is -0.825. The number of aliphatic carboxylic acids is 1. The molecule has 1 fully saturated rings. The Bertz CT molecular complexity index is 168. The average molecular weight is 174 g/mol. The molecule has 0 unspecified atom stereocenters.